The Labute approximate surface area is 194 Å². The van der Waals surface area contributed by atoms with E-state index < -0.39 is 47.3 Å². The Morgan fingerprint density at radius 3 is 2.00 bits per heavy atom. The van der Waals surface area contributed by atoms with Crippen molar-refractivity contribution in [3.63, 3.8) is 0 Å². The van der Waals surface area contributed by atoms with Gasteiger partial charge < -0.3 is 19.9 Å². The largest absolute Gasteiger partial charge is 0.467 e. The third kappa shape index (κ3) is 7.58. The number of rotatable bonds is 7. The molecule has 0 aliphatic carbocycles. The fourth-order valence-corrected chi connectivity index (χ4v) is 2.94. The monoisotopic (exact) mass is 481 g/mol. The first kappa shape index (κ1) is 26.8. The summed E-state index contributed by atoms with van der Waals surface area (Å²) in [7, 11) is 1.12. The molecule has 2 rings (SSSR count). The van der Waals surface area contributed by atoms with Crippen molar-refractivity contribution in [2.24, 2.45) is 0 Å². The third-order valence-electron chi connectivity index (χ3n) is 4.63. The van der Waals surface area contributed by atoms with Crippen LogP contribution in [0.1, 0.15) is 53.9 Å². The lowest BCUT2D eigenvalue weighted by Crippen LogP contribution is -2.45. The van der Waals surface area contributed by atoms with Crippen molar-refractivity contribution >= 4 is 17.8 Å². The molecule has 2 atom stereocenters. The Kier molecular flexibility index (Phi) is 8.44. The molecule has 2 N–H and O–H groups in total. The average Bonchev–Trinajstić information content (AvgIpc) is 2.76. The topological polar surface area (TPSA) is 102 Å². The summed E-state index contributed by atoms with van der Waals surface area (Å²) in [5.74, 6) is -2.29. The van der Waals surface area contributed by atoms with Gasteiger partial charge in [-0.15, -0.1) is 0 Å². The van der Waals surface area contributed by atoms with Gasteiger partial charge in [-0.1, -0.05) is 24.3 Å². The molecule has 184 valence electrons. The summed E-state index contributed by atoms with van der Waals surface area (Å²) in [5.41, 5.74) is -0.784. The van der Waals surface area contributed by atoms with Gasteiger partial charge in [0.1, 0.15) is 11.6 Å². The van der Waals surface area contributed by atoms with Crippen LogP contribution in [0.5, 0.6) is 0 Å². The van der Waals surface area contributed by atoms with Crippen LogP contribution in [0, 0.1) is 0 Å². The molecule has 0 aliphatic rings. The lowest BCUT2D eigenvalue weighted by Gasteiger charge is -2.20. The van der Waals surface area contributed by atoms with Gasteiger partial charge in [0, 0.05) is 6.42 Å². The van der Waals surface area contributed by atoms with Gasteiger partial charge in [-0.3, -0.25) is 4.79 Å². The van der Waals surface area contributed by atoms with E-state index in [2.05, 4.69) is 5.32 Å². The summed E-state index contributed by atoms with van der Waals surface area (Å²) in [6.45, 7) is 5.21. The molecule has 0 spiro atoms. The first-order chi connectivity index (χ1) is 15.7. The smallest absolute Gasteiger partial charge is 0.416 e. The highest BCUT2D eigenvalue weighted by Gasteiger charge is 2.31. The van der Waals surface area contributed by atoms with E-state index in [0.717, 1.165) is 31.4 Å². The number of carbonyl (C=O) groups excluding carboxylic acids is 3. The Balaban J connectivity index is 2.10. The predicted molar refractivity (Wildman–Crippen MR) is 116 cm³/mol. The van der Waals surface area contributed by atoms with E-state index in [-0.39, 0.29) is 12.0 Å². The van der Waals surface area contributed by atoms with Crippen molar-refractivity contribution in [2.75, 3.05) is 7.11 Å². The number of aliphatic hydroxyl groups excluding tert-OH is 1. The first-order valence-electron chi connectivity index (χ1n) is 10.3. The summed E-state index contributed by atoms with van der Waals surface area (Å²) in [5, 5.41) is 12.6. The maximum absolute atomic E-state index is 12.7. The standard InChI is InChI=1S/C24H26F3NO6/c1-23(2,3)34-21(31)16-7-5-14(6-8-16)13-18(22(32)33-4)28-20(30)19(29)15-9-11-17(12-10-15)24(25,26)27/h5-12,18-19,29H,13H2,1-4H3,(H,28,30)/t18-,19+/m1/s1. The van der Waals surface area contributed by atoms with Gasteiger partial charge in [0.25, 0.3) is 5.91 Å². The van der Waals surface area contributed by atoms with Crippen molar-refractivity contribution in [3.8, 4) is 0 Å². The van der Waals surface area contributed by atoms with E-state index in [0.29, 0.717) is 11.1 Å². The van der Waals surface area contributed by atoms with Crippen molar-refractivity contribution in [2.45, 2.75) is 51.1 Å². The lowest BCUT2D eigenvalue weighted by molar-refractivity contribution is -0.146. The molecule has 2 aromatic rings. The fourth-order valence-electron chi connectivity index (χ4n) is 2.94. The number of nitrogens with one attached hydrogen (secondary N) is 1. The third-order valence-corrected chi connectivity index (χ3v) is 4.63. The molecule has 0 aromatic heterocycles. The minimum absolute atomic E-state index is 0.0211. The molecule has 2 aromatic carbocycles. The Morgan fingerprint density at radius 2 is 1.53 bits per heavy atom. The number of hydrogen-bond donors (Lipinski definition) is 2. The maximum atomic E-state index is 12.7. The van der Waals surface area contributed by atoms with Crippen LogP contribution in [0.3, 0.4) is 0 Å². The maximum Gasteiger partial charge on any atom is 0.416 e. The van der Waals surface area contributed by atoms with Crippen LogP contribution >= 0.6 is 0 Å². The zero-order chi connectivity index (χ0) is 25.7. The van der Waals surface area contributed by atoms with Gasteiger partial charge in [0.2, 0.25) is 0 Å². The van der Waals surface area contributed by atoms with E-state index in [1.54, 1.807) is 32.9 Å². The molecule has 7 nitrogen and oxygen atoms in total. The highest BCUT2D eigenvalue weighted by Crippen LogP contribution is 2.30. The highest BCUT2D eigenvalue weighted by atomic mass is 19.4. The van der Waals surface area contributed by atoms with E-state index in [1.807, 2.05) is 0 Å². The second kappa shape index (κ2) is 10.7. The van der Waals surface area contributed by atoms with Crippen LogP contribution in [0.15, 0.2) is 48.5 Å². The van der Waals surface area contributed by atoms with Gasteiger partial charge in [0.15, 0.2) is 6.10 Å². The highest BCUT2D eigenvalue weighted by molar-refractivity contribution is 5.90. The number of amides is 1. The number of hydrogen-bond acceptors (Lipinski definition) is 6. The lowest BCUT2D eigenvalue weighted by atomic mass is 10.0. The molecule has 0 saturated heterocycles. The van der Waals surface area contributed by atoms with Crippen LogP contribution in [-0.4, -0.2) is 41.7 Å². The molecule has 0 unspecified atom stereocenters. The molecule has 0 fully saturated rings. The zero-order valence-corrected chi connectivity index (χ0v) is 19.1. The van der Waals surface area contributed by atoms with Crippen molar-refractivity contribution in [1.82, 2.24) is 5.32 Å². The number of benzene rings is 2. The number of aliphatic hydroxyl groups is 1. The second-order valence-electron chi connectivity index (χ2n) is 8.51. The summed E-state index contributed by atoms with van der Waals surface area (Å²) in [6.07, 6.45) is -6.38. The summed E-state index contributed by atoms with van der Waals surface area (Å²) >= 11 is 0. The molecule has 0 heterocycles. The van der Waals surface area contributed by atoms with Crippen molar-refractivity contribution < 1.29 is 42.1 Å². The number of esters is 2. The first-order valence-corrected chi connectivity index (χ1v) is 10.3. The SMILES string of the molecule is COC(=O)[C@@H](Cc1ccc(C(=O)OC(C)(C)C)cc1)NC(=O)[C@@H](O)c1ccc(C(F)(F)F)cc1. The molecular formula is C24H26F3NO6. The molecule has 0 bridgehead atoms. The van der Waals surface area contributed by atoms with Crippen molar-refractivity contribution in [3.05, 3.63) is 70.8 Å². The number of alkyl halides is 3. The van der Waals surface area contributed by atoms with Crippen LogP contribution in [0.2, 0.25) is 0 Å². The van der Waals surface area contributed by atoms with Gasteiger partial charge >= 0.3 is 18.1 Å². The normalized spacial score (nSPS) is 13.5. The minimum atomic E-state index is -4.55. The molecule has 1 amide bonds. The zero-order valence-electron chi connectivity index (χ0n) is 19.1. The molecular weight excluding hydrogens is 455 g/mol. The van der Waals surface area contributed by atoms with Gasteiger partial charge in [-0.05, 0) is 56.2 Å². The Morgan fingerprint density at radius 1 is 0.971 bits per heavy atom. The molecule has 10 heteroatoms. The average molecular weight is 481 g/mol. The molecule has 0 aliphatic heterocycles. The number of carbonyl (C=O) groups is 3. The van der Waals surface area contributed by atoms with E-state index in [1.165, 1.54) is 12.1 Å². The molecule has 34 heavy (non-hydrogen) atoms. The van der Waals surface area contributed by atoms with Crippen LogP contribution in [0.25, 0.3) is 0 Å². The van der Waals surface area contributed by atoms with Gasteiger partial charge in [-0.2, -0.15) is 13.2 Å². The number of ether oxygens (including phenoxy) is 2. The van der Waals surface area contributed by atoms with Crippen LogP contribution in [-0.2, 0) is 31.7 Å². The molecule has 0 saturated carbocycles. The minimum Gasteiger partial charge on any atom is -0.467 e. The summed E-state index contributed by atoms with van der Waals surface area (Å²) in [4.78, 5) is 36.8. The van der Waals surface area contributed by atoms with E-state index >= 15 is 0 Å². The van der Waals surface area contributed by atoms with Crippen LogP contribution in [0.4, 0.5) is 13.2 Å². The number of methoxy groups -OCH3 is 1. The van der Waals surface area contributed by atoms with E-state index in [9.17, 15) is 32.7 Å². The van der Waals surface area contributed by atoms with Crippen LogP contribution < -0.4 is 5.32 Å². The Hall–Kier alpha value is -3.40. The Bertz CT molecular complexity index is 1010. The molecule has 0 radical (unpaired) electrons. The quantitative estimate of drug-likeness (QED) is 0.586. The van der Waals surface area contributed by atoms with Gasteiger partial charge in [-0.25, -0.2) is 9.59 Å². The van der Waals surface area contributed by atoms with E-state index in [4.69, 9.17) is 9.47 Å². The number of halogens is 3. The second-order valence-corrected chi connectivity index (χ2v) is 8.51. The summed E-state index contributed by atoms with van der Waals surface area (Å²) in [6, 6.07) is 8.44. The van der Waals surface area contributed by atoms with Crippen molar-refractivity contribution in [1.29, 1.82) is 0 Å². The van der Waals surface area contributed by atoms with Gasteiger partial charge in [0.05, 0.1) is 18.2 Å². The fraction of sp³-hybridized carbons (Fsp3) is 0.375. The predicted octanol–water partition coefficient (Wildman–Crippen LogP) is 3.59. The summed E-state index contributed by atoms with van der Waals surface area (Å²) < 4.78 is 48.1.